The Morgan fingerprint density at radius 2 is 2.33 bits per heavy atom. The smallest absolute Gasteiger partial charge is 0.239 e. The molecule has 1 aliphatic rings. The van der Waals surface area contributed by atoms with Crippen LogP contribution in [0.1, 0.15) is 18.6 Å². The lowest BCUT2D eigenvalue weighted by Crippen LogP contribution is -2.54. The highest BCUT2D eigenvalue weighted by atomic mass is 16.5. The maximum atomic E-state index is 12.1. The molecule has 1 saturated heterocycles. The number of β-amino-alcohol motifs (C(OH)–C–C–N with tert-alkyl or cyclic N) is 1. The molecule has 1 fully saturated rings. The maximum Gasteiger partial charge on any atom is 0.239 e. The maximum absolute atomic E-state index is 12.1. The van der Waals surface area contributed by atoms with Crippen molar-refractivity contribution in [3.05, 3.63) is 29.8 Å². The minimum Gasteiger partial charge on any atom is -0.398 e. The van der Waals surface area contributed by atoms with Crippen molar-refractivity contribution in [2.24, 2.45) is 0 Å². The highest BCUT2D eigenvalue weighted by molar-refractivity contribution is 5.82. The van der Waals surface area contributed by atoms with Gasteiger partial charge in [-0.25, -0.2) is 0 Å². The van der Waals surface area contributed by atoms with Gasteiger partial charge in [0.05, 0.1) is 19.3 Å². The molecule has 0 saturated carbocycles. The number of ether oxygens (including phenoxy) is 1. The van der Waals surface area contributed by atoms with E-state index in [2.05, 4.69) is 5.32 Å². The third kappa shape index (κ3) is 3.93. The fourth-order valence-corrected chi connectivity index (χ4v) is 2.52. The zero-order valence-electron chi connectivity index (χ0n) is 12.3. The molecule has 2 atom stereocenters. The third-order valence-corrected chi connectivity index (χ3v) is 3.66. The molecule has 1 heterocycles. The van der Waals surface area contributed by atoms with Gasteiger partial charge in [-0.2, -0.15) is 0 Å². The number of hydrogen-bond donors (Lipinski definition) is 3. The third-order valence-electron chi connectivity index (χ3n) is 3.66. The average Bonchev–Trinajstić information content (AvgIpc) is 2.48. The van der Waals surface area contributed by atoms with Crippen LogP contribution in [0, 0.1) is 0 Å². The lowest BCUT2D eigenvalue weighted by atomic mass is 10.1. The Balaban J connectivity index is 2.05. The van der Waals surface area contributed by atoms with Crippen LogP contribution >= 0.6 is 0 Å². The minimum absolute atomic E-state index is 0.0644. The standard InChI is InChI=1S/C15H23N3O3/c1-2-17-15(20)13-10-21-8-7-18(13)9-14(19)11-5-3-4-6-12(11)16/h3-6,13-14,19H,2,7-10,16H2,1H3,(H,17,20). The molecule has 21 heavy (non-hydrogen) atoms. The highest BCUT2D eigenvalue weighted by Gasteiger charge is 2.30. The highest BCUT2D eigenvalue weighted by Crippen LogP contribution is 2.22. The van der Waals surface area contributed by atoms with Crippen LogP contribution < -0.4 is 11.1 Å². The van der Waals surface area contributed by atoms with Gasteiger partial charge in [0.1, 0.15) is 6.04 Å². The van der Waals surface area contributed by atoms with Gasteiger partial charge in [0.25, 0.3) is 0 Å². The number of nitrogen functional groups attached to an aromatic ring is 1. The molecule has 6 nitrogen and oxygen atoms in total. The van der Waals surface area contributed by atoms with Gasteiger partial charge < -0.3 is 20.9 Å². The first-order valence-corrected chi connectivity index (χ1v) is 7.25. The van der Waals surface area contributed by atoms with E-state index in [0.29, 0.717) is 44.1 Å². The number of carbonyl (C=O) groups excluding carboxylic acids is 1. The summed E-state index contributed by atoms with van der Waals surface area (Å²) in [5.74, 6) is -0.0644. The molecule has 4 N–H and O–H groups in total. The van der Waals surface area contributed by atoms with Crippen molar-refractivity contribution in [2.45, 2.75) is 19.1 Å². The van der Waals surface area contributed by atoms with Crippen LogP contribution in [0.5, 0.6) is 0 Å². The molecule has 6 heteroatoms. The second kappa shape index (κ2) is 7.40. The summed E-state index contributed by atoms with van der Waals surface area (Å²) in [5, 5.41) is 13.2. The molecular weight excluding hydrogens is 270 g/mol. The SMILES string of the molecule is CCNC(=O)C1COCCN1CC(O)c1ccccc1N. The van der Waals surface area contributed by atoms with Crippen LogP contribution in [0.4, 0.5) is 5.69 Å². The van der Waals surface area contributed by atoms with E-state index in [-0.39, 0.29) is 11.9 Å². The molecule has 116 valence electrons. The van der Waals surface area contributed by atoms with E-state index in [1.165, 1.54) is 0 Å². The van der Waals surface area contributed by atoms with Crippen molar-refractivity contribution in [2.75, 3.05) is 38.6 Å². The van der Waals surface area contributed by atoms with Gasteiger partial charge in [-0.15, -0.1) is 0 Å². The van der Waals surface area contributed by atoms with Crippen molar-refractivity contribution in [1.82, 2.24) is 10.2 Å². The number of aliphatic hydroxyl groups is 1. The Hall–Kier alpha value is -1.63. The summed E-state index contributed by atoms with van der Waals surface area (Å²) in [6.07, 6.45) is -0.721. The molecule has 1 aliphatic heterocycles. The Kier molecular flexibility index (Phi) is 5.55. The number of aliphatic hydroxyl groups excluding tert-OH is 1. The number of para-hydroxylation sites is 1. The van der Waals surface area contributed by atoms with Crippen LogP contribution in [-0.2, 0) is 9.53 Å². The predicted molar refractivity (Wildman–Crippen MR) is 80.7 cm³/mol. The van der Waals surface area contributed by atoms with Crippen molar-refractivity contribution < 1.29 is 14.6 Å². The number of nitrogens with zero attached hydrogens (tertiary/aromatic N) is 1. The van der Waals surface area contributed by atoms with Gasteiger partial charge in [-0.3, -0.25) is 9.69 Å². The summed E-state index contributed by atoms with van der Waals surface area (Å²) in [6, 6.07) is 6.88. The average molecular weight is 293 g/mol. The summed E-state index contributed by atoms with van der Waals surface area (Å²) < 4.78 is 5.38. The molecule has 1 amide bonds. The van der Waals surface area contributed by atoms with Gasteiger partial charge in [0.2, 0.25) is 5.91 Å². The van der Waals surface area contributed by atoms with E-state index in [9.17, 15) is 9.90 Å². The largest absolute Gasteiger partial charge is 0.398 e. The van der Waals surface area contributed by atoms with E-state index in [4.69, 9.17) is 10.5 Å². The molecule has 0 spiro atoms. The summed E-state index contributed by atoms with van der Waals surface area (Å²) in [4.78, 5) is 14.0. The second-order valence-corrected chi connectivity index (χ2v) is 5.12. The first-order chi connectivity index (χ1) is 10.1. The first kappa shape index (κ1) is 15.8. The Bertz CT molecular complexity index is 481. The van der Waals surface area contributed by atoms with Gasteiger partial charge in [-0.05, 0) is 13.0 Å². The van der Waals surface area contributed by atoms with Crippen molar-refractivity contribution in [1.29, 1.82) is 0 Å². The molecule has 2 unspecified atom stereocenters. The Labute approximate surface area is 124 Å². The number of amides is 1. The van der Waals surface area contributed by atoms with E-state index in [1.54, 1.807) is 6.07 Å². The number of rotatable bonds is 5. The number of morpholine rings is 1. The number of anilines is 1. The van der Waals surface area contributed by atoms with Gasteiger partial charge in [0.15, 0.2) is 0 Å². The fraction of sp³-hybridized carbons (Fsp3) is 0.533. The summed E-state index contributed by atoms with van der Waals surface area (Å²) in [5.41, 5.74) is 7.14. The van der Waals surface area contributed by atoms with E-state index >= 15 is 0 Å². The number of nitrogens with one attached hydrogen (secondary N) is 1. The second-order valence-electron chi connectivity index (χ2n) is 5.12. The van der Waals surface area contributed by atoms with Crippen LogP contribution in [0.3, 0.4) is 0 Å². The van der Waals surface area contributed by atoms with Crippen molar-refractivity contribution in [3.63, 3.8) is 0 Å². The summed E-state index contributed by atoms with van der Waals surface area (Å²) in [6.45, 7) is 4.35. The molecule has 0 aliphatic carbocycles. The lowest BCUT2D eigenvalue weighted by molar-refractivity contribution is -0.133. The van der Waals surface area contributed by atoms with Crippen LogP contribution in [0.2, 0.25) is 0 Å². The van der Waals surface area contributed by atoms with Gasteiger partial charge >= 0.3 is 0 Å². The molecule has 2 rings (SSSR count). The van der Waals surface area contributed by atoms with Crippen LogP contribution in [0.15, 0.2) is 24.3 Å². The molecule has 1 aromatic carbocycles. The molecule has 0 aromatic heterocycles. The van der Waals surface area contributed by atoms with Crippen LogP contribution in [0.25, 0.3) is 0 Å². The predicted octanol–water partition coefficient (Wildman–Crippen LogP) is 0.139. The summed E-state index contributed by atoms with van der Waals surface area (Å²) in [7, 11) is 0. The molecule has 0 radical (unpaired) electrons. The van der Waals surface area contributed by atoms with Crippen LogP contribution in [-0.4, -0.2) is 54.8 Å². The topological polar surface area (TPSA) is 87.8 Å². The molecule has 1 aromatic rings. The zero-order valence-corrected chi connectivity index (χ0v) is 12.3. The van der Waals surface area contributed by atoms with E-state index in [1.807, 2.05) is 30.0 Å². The minimum atomic E-state index is -0.721. The number of benzene rings is 1. The number of likely N-dealkylation sites (N-methyl/N-ethyl adjacent to an activating group) is 1. The van der Waals surface area contributed by atoms with Crippen molar-refractivity contribution in [3.8, 4) is 0 Å². The number of nitrogens with two attached hydrogens (primary N) is 1. The molecular formula is C15H23N3O3. The van der Waals surface area contributed by atoms with Gasteiger partial charge in [-0.1, -0.05) is 18.2 Å². The first-order valence-electron chi connectivity index (χ1n) is 7.25. The Morgan fingerprint density at radius 3 is 3.05 bits per heavy atom. The van der Waals surface area contributed by atoms with Gasteiger partial charge in [0, 0.05) is 30.9 Å². The van der Waals surface area contributed by atoms with E-state index in [0.717, 1.165) is 0 Å². The molecule has 0 bridgehead atoms. The Morgan fingerprint density at radius 1 is 1.57 bits per heavy atom. The summed E-state index contributed by atoms with van der Waals surface area (Å²) >= 11 is 0. The normalized spacial score (nSPS) is 21.0. The quantitative estimate of drug-likeness (QED) is 0.672. The fourth-order valence-electron chi connectivity index (χ4n) is 2.52. The lowest BCUT2D eigenvalue weighted by Gasteiger charge is -2.35. The van der Waals surface area contributed by atoms with Crippen molar-refractivity contribution >= 4 is 11.6 Å². The number of hydrogen-bond acceptors (Lipinski definition) is 5. The zero-order chi connectivity index (χ0) is 15.2. The van der Waals surface area contributed by atoms with E-state index < -0.39 is 6.10 Å². The monoisotopic (exact) mass is 293 g/mol. The number of carbonyl (C=O) groups is 1.